The van der Waals surface area contributed by atoms with Crippen LogP contribution in [0, 0.1) is 0 Å². The molecule has 1 heterocycles. The van der Waals surface area contributed by atoms with E-state index >= 15 is 0 Å². The molecule has 0 radical (unpaired) electrons. The fourth-order valence-electron chi connectivity index (χ4n) is 2.31. The van der Waals surface area contributed by atoms with Crippen molar-refractivity contribution < 1.29 is 9.53 Å². The maximum atomic E-state index is 12.0. The van der Waals surface area contributed by atoms with Crippen LogP contribution in [0.1, 0.15) is 34.1 Å². The van der Waals surface area contributed by atoms with Crippen LogP contribution in [0.4, 0.5) is 0 Å². The molecule has 8 heteroatoms. The predicted molar refractivity (Wildman–Crippen MR) is 82.6 cm³/mol. The molecular formula is C13H24N4O3S. The zero-order chi connectivity index (χ0) is 16.0. The molecule has 2 unspecified atom stereocenters. The number of rotatable bonds is 8. The lowest BCUT2D eigenvalue weighted by molar-refractivity contribution is -0.148. The molecule has 0 saturated heterocycles. The van der Waals surface area contributed by atoms with E-state index in [0.29, 0.717) is 24.7 Å². The monoisotopic (exact) mass is 316 g/mol. The molecule has 0 saturated carbocycles. The maximum Gasteiger partial charge on any atom is 0.343 e. The van der Waals surface area contributed by atoms with Crippen LogP contribution in [-0.4, -0.2) is 45.2 Å². The zero-order valence-electron chi connectivity index (χ0n) is 13.2. The van der Waals surface area contributed by atoms with Gasteiger partial charge in [-0.2, -0.15) is 0 Å². The molecule has 0 spiro atoms. The Labute approximate surface area is 128 Å². The smallest absolute Gasteiger partial charge is 0.343 e. The number of thioether (sulfide) groups is 1. The summed E-state index contributed by atoms with van der Waals surface area (Å²) >= 11 is 1.47. The average Bonchev–Trinajstić information content (AvgIpc) is 2.77. The van der Waals surface area contributed by atoms with Gasteiger partial charge in [0.25, 0.3) is 0 Å². The minimum atomic E-state index is -0.746. The number of likely N-dealkylation sites (N-methyl/N-ethyl adjacent to an activating group) is 1. The van der Waals surface area contributed by atoms with Crippen LogP contribution in [0.5, 0.6) is 0 Å². The first-order valence-electron chi connectivity index (χ1n) is 7.03. The third-order valence-corrected chi connectivity index (χ3v) is 4.34. The number of carbonyl (C=O) groups is 1. The van der Waals surface area contributed by atoms with Crippen molar-refractivity contribution in [1.29, 1.82) is 0 Å². The summed E-state index contributed by atoms with van der Waals surface area (Å²) in [4.78, 5) is 23.5. The highest BCUT2D eigenvalue weighted by Crippen LogP contribution is 2.27. The number of hydrogen-bond acceptors (Lipinski definition) is 6. The number of hydrogen-bond donors (Lipinski definition) is 2. The number of carbonyl (C=O) groups excluding carboxylic acids is 1. The molecular weight excluding hydrogens is 292 g/mol. The van der Waals surface area contributed by atoms with Gasteiger partial charge in [0, 0.05) is 11.8 Å². The standard InChI is InChI=1S/C13H24N4O3S/c1-6-14-13(4,10(18)20-5)8-9(3)21-12-16-15-11(19)17(12)7-2/h9,14H,6-8H2,1-5H3,(H,15,19). The van der Waals surface area contributed by atoms with Crippen molar-refractivity contribution in [2.75, 3.05) is 13.7 Å². The van der Waals surface area contributed by atoms with E-state index in [1.807, 2.05) is 27.7 Å². The summed E-state index contributed by atoms with van der Waals surface area (Å²) in [6, 6.07) is 0. The molecule has 2 atom stereocenters. The van der Waals surface area contributed by atoms with Crippen LogP contribution >= 0.6 is 11.8 Å². The van der Waals surface area contributed by atoms with Crippen molar-refractivity contribution in [3.05, 3.63) is 10.5 Å². The van der Waals surface area contributed by atoms with Crippen LogP contribution in [0.15, 0.2) is 9.95 Å². The van der Waals surface area contributed by atoms with E-state index in [1.165, 1.54) is 18.9 Å². The van der Waals surface area contributed by atoms with Crippen molar-refractivity contribution in [2.24, 2.45) is 0 Å². The van der Waals surface area contributed by atoms with Crippen molar-refractivity contribution in [2.45, 2.75) is 56.6 Å². The van der Waals surface area contributed by atoms with E-state index in [9.17, 15) is 9.59 Å². The molecule has 0 aliphatic heterocycles. The predicted octanol–water partition coefficient (Wildman–Crippen LogP) is 1.00. The number of ether oxygens (including phenoxy) is 1. The quantitative estimate of drug-likeness (QED) is 0.549. The Morgan fingerprint density at radius 2 is 2.24 bits per heavy atom. The van der Waals surface area contributed by atoms with Gasteiger partial charge < -0.3 is 10.1 Å². The Hall–Kier alpha value is -1.28. The zero-order valence-corrected chi connectivity index (χ0v) is 14.0. The van der Waals surface area contributed by atoms with E-state index in [0.717, 1.165) is 0 Å². The first kappa shape index (κ1) is 17.8. The number of esters is 1. The van der Waals surface area contributed by atoms with Gasteiger partial charge >= 0.3 is 11.7 Å². The van der Waals surface area contributed by atoms with Gasteiger partial charge in [0.2, 0.25) is 0 Å². The second-order valence-corrected chi connectivity index (χ2v) is 6.45. The number of H-pyrrole nitrogens is 1. The first-order chi connectivity index (χ1) is 9.87. The fourth-order valence-corrected chi connectivity index (χ4v) is 3.53. The van der Waals surface area contributed by atoms with Gasteiger partial charge in [-0.3, -0.25) is 9.36 Å². The molecule has 7 nitrogen and oxygen atoms in total. The SMILES string of the molecule is CCNC(C)(CC(C)Sc1n[nH]c(=O)n1CC)C(=O)OC. The Bertz CT molecular complexity index is 528. The summed E-state index contributed by atoms with van der Waals surface area (Å²) in [5.74, 6) is -0.285. The summed E-state index contributed by atoms with van der Waals surface area (Å²) in [6.45, 7) is 8.90. The fraction of sp³-hybridized carbons (Fsp3) is 0.769. The van der Waals surface area contributed by atoms with Crippen molar-refractivity contribution in [3.63, 3.8) is 0 Å². The van der Waals surface area contributed by atoms with E-state index in [1.54, 1.807) is 4.57 Å². The van der Waals surface area contributed by atoms with Gasteiger partial charge in [-0.05, 0) is 26.8 Å². The highest BCUT2D eigenvalue weighted by atomic mass is 32.2. The lowest BCUT2D eigenvalue weighted by Gasteiger charge is -2.29. The molecule has 0 fully saturated rings. The molecule has 1 aromatic heterocycles. The minimum Gasteiger partial charge on any atom is -0.468 e. The summed E-state index contributed by atoms with van der Waals surface area (Å²) in [7, 11) is 1.39. The second kappa shape index (κ2) is 7.65. The van der Waals surface area contributed by atoms with E-state index in [4.69, 9.17) is 4.74 Å². The highest BCUT2D eigenvalue weighted by molar-refractivity contribution is 7.99. The Balaban J connectivity index is 2.80. The van der Waals surface area contributed by atoms with Gasteiger partial charge in [0.15, 0.2) is 5.16 Å². The van der Waals surface area contributed by atoms with Gasteiger partial charge in [0.05, 0.1) is 7.11 Å². The Morgan fingerprint density at radius 1 is 1.57 bits per heavy atom. The molecule has 120 valence electrons. The third-order valence-electron chi connectivity index (χ3n) is 3.24. The lowest BCUT2D eigenvalue weighted by atomic mass is 9.96. The molecule has 2 N–H and O–H groups in total. The van der Waals surface area contributed by atoms with E-state index < -0.39 is 5.54 Å². The molecule has 0 aliphatic carbocycles. The van der Waals surface area contributed by atoms with Crippen LogP contribution in [0.3, 0.4) is 0 Å². The van der Waals surface area contributed by atoms with Gasteiger partial charge in [-0.1, -0.05) is 25.6 Å². The van der Waals surface area contributed by atoms with Gasteiger partial charge in [-0.25, -0.2) is 9.89 Å². The lowest BCUT2D eigenvalue weighted by Crippen LogP contribution is -2.51. The molecule has 0 amide bonds. The number of aromatic amines is 1. The molecule has 21 heavy (non-hydrogen) atoms. The number of nitrogens with one attached hydrogen (secondary N) is 2. The molecule has 1 rings (SSSR count). The Morgan fingerprint density at radius 3 is 2.76 bits per heavy atom. The summed E-state index contributed by atoms with van der Waals surface area (Å²) in [6.07, 6.45) is 0.572. The summed E-state index contributed by atoms with van der Waals surface area (Å²) in [5.41, 5.74) is -0.960. The summed E-state index contributed by atoms with van der Waals surface area (Å²) in [5, 5.41) is 10.4. The third kappa shape index (κ3) is 4.34. The van der Waals surface area contributed by atoms with Crippen molar-refractivity contribution in [1.82, 2.24) is 20.1 Å². The van der Waals surface area contributed by atoms with Gasteiger partial charge in [0.1, 0.15) is 5.54 Å². The van der Waals surface area contributed by atoms with Crippen molar-refractivity contribution >= 4 is 17.7 Å². The van der Waals surface area contributed by atoms with Crippen molar-refractivity contribution in [3.8, 4) is 0 Å². The average molecular weight is 316 g/mol. The topological polar surface area (TPSA) is 89.0 Å². The first-order valence-corrected chi connectivity index (χ1v) is 7.91. The molecule has 0 aromatic carbocycles. The number of methoxy groups -OCH3 is 1. The van der Waals surface area contributed by atoms with Crippen LogP contribution in [0.2, 0.25) is 0 Å². The minimum absolute atomic E-state index is 0.0913. The maximum absolute atomic E-state index is 12.0. The largest absolute Gasteiger partial charge is 0.468 e. The van der Waals surface area contributed by atoms with Crippen LogP contribution in [0.25, 0.3) is 0 Å². The molecule has 0 bridgehead atoms. The van der Waals surface area contributed by atoms with Crippen LogP contribution in [-0.2, 0) is 16.1 Å². The normalized spacial score (nSPS) is 15.5. The van der Waals surface area contributed by atoms with Gasteiger partial charge in [-0.15, -0.1) is 5.10 Å². The van der Waals surface area contributed by atoms with E-state index in [2.05, 4.69) is 15.5 Å². The van der Waals surface area contributed by atoms with Crippen LogP contribution < -0.4 is 11.0 Å². The van der Waals surface area contributed by atoms with E-state index in [-0.39, 0.29) is 16.9 Å². The molecule has 1 aromatic rings. The summed E-state index contributed by atoms with van der Waals surface area (Å²) < 4.78 is 6.45. The number of nitrogens with zero attached hydrogens (tertiary/aromatic N) is 2. The highest BCUT2D eigenvalue weighted by Gasteiger charge is 2.35. The number of aromatic nitrogens is 3. The second-order valence-electron chi connectivity index (χ2n) is 5.04. The Kier molecular flexibility index (Phi) is 6.47. The molecule has 0 aliphatic rings.